The molecular weight excluding hydrogens is 246 g/mol. The van der Waals surface area contributed by atoms with Crippen LogP contribution in [0, 0.1) is 18.3 Å². The van der Waals surface area contributed by atoms with Crippen LogP contribution < -0.4 is 10.2 Å². The van der Waals surface area contributed by atoms with Crippen molar-refractivity contribution in [1.82, 2.24) is 0 Å². The largest absolute Gasteiger partial charge is 0.381 e. The second-order valence-corrected chi connectivity index (χ2v) is 5.05. The average Bonchev–Trinajstić information content (AvgIpc) is 2.46. The number of nitrogens with zero attached hydrogens (tertiary/aromatic N) is 2. The molecule has 0 atom stereocenters. The summed E-state index contributed by atoms with van der Waals surface area (Å²) < 4.78 is 0. The third kappa shape index (κ3) is 3.30. The zero-order valence-corrected chi connectivity index (χ0v) is 12.1. The zero-order chi connectivity index (χ0) is 14.5. The molecule has 0 heterocycles. The molecule has 0 aromatic heterocycles. The molecule has 0 radical (unpaired) electrons. The van der Waals surface area contributed by atoms with Gasteiger partial charge in [0, 0.05) is 32.0 Å². The van der Waals surface area contributed by atoms with Crippen LogP contribution in [0.5, 0.6) is 0 Å². The Kier molecular flexibility index (Phi) is 4.27. The van der Waals surface area contributed by atoms with E-state index in [2.05, 4.69) is 40.6 Å². The second kappa shape index (κ2) is 6.12. The van der Waals surface area contributed by atoms with Crippen molar-refractivity contribution in [2.24, 2.45) is 0 Å². The monoisotopic (exact) mass is 265 g/mol. The molecule has 2 aromatic carbocycles. The first-order chi connectivity index (χ1) is 9.60. The van der Waals surface area contributed by atoms with Gasteiger partial charge in [0.1, 0.15) is 0 Å². The van der Waals surface area contributed by atoms with Crippen molar-refractivity contribution in [3.8, 4) is 6.07 Å². The van der Waals surface area contributed by atoms with E-state index in [1.54, 1.807) is 0 Å². The quantitative estimate of drug-likeness (QED) is 0.919. The van der Waals surface area contributed by atoms with Crippen LogP contribution >= 0.6 is 0 Å². The third-order valence-electron chi connectivity index (χ3n) is 3.34. The maximum Gasteiger partial charge on any atom is 0.0991 e. The van der Waals surface area contributed by atoms with E-state index in [9.17, 15) is 0 Å². The van der Waals surface area contributed by atoms with Crippen molar-refractivity contribution in [2.75, 3.05) is 24.3 Å². The average molecular weight is 265 g/mol. The number of nitrogens with one attached hydrogen (secondary N) is 1. The van der Waals surface area contributed by atoms with Gasteiger partial charge in [-0.2, -0.15) is 5.26 Å². The maximum absolute atomic E-state index is 8.86. The van der Waals surface area contributed by atoms with E-state index in [1.165, 1.54) is 11.3 Å². The van der Waals surface area contributed by atoms with E-state index in [4.69, 9.17) is 5.26 Å². The van der Waals surface area contributed by atoms with Gasteiger partial charge in [-0.3, -0.25) is 0 Å². The van der Waals surface area contributed by atoms with E-state index in [1.807, 2.05) is 39.2 Å². The highest BCUT2D eigenvalue weighted by atomic mass is 15.1. The van der Waals surface area contributed by atoms with Gasteiger partial charge in [-0.1, -0.05) is 6.07 Å². The molecule has 3 heteroatoms. The van der Waals surface area contributed by atoms with Crippen molar-refractivity contribution in [1.29, 1.82) is 5.26 Å². The van der Waals surface area contributed by atoms with Gasteiger partial charge < -0.3 is 10.2 Å². The summed E-state index contributed by atoms with van der Waals surface area (Å²) in [6.45, 7) is 2.80. The molecule has 0 amide bonds. The lowest BCUT2D eigenvalue weighted by atomic mass is 10.1. The van der Waals surface area contributed by atoms with Crippen LogP contribution in [0.2, 0.25) is 0 Å². The van der Waals surface area contributed by atoms with Crippen LogP contribution in [-0.2, 0) is 6.54 Å². The highest BCUT2D eigenvalue weighted by Gasteiger charge is 2.01. The van der Waals surface area contributed by atoms with Crippen molar-refractivity contribution in [3.63, 3.8) is 0 Å². The van der Waals surface area contributed by atoms with Gasteiger partial charge in [0.15, 0.2) is 0 Å². The molecule has 0 aliphatic carbocycles. The van der Waals surface area contributed by atoms with Crippen LogP contribution in [0.15, 0.2) is 42.5 Å². The van der Waals surface area contributed by atoms with Crippen molar-refractivity contribution < 1.29 is 0 Å². The molecule has 0 aliphatic heterocycles. The lowest BCUT2D eigenvalue weighted by Gasteiger charge is -2.14. The summed E-state index contributed by atoms with van der Waals surface area (Å²) in [6, 6.07) is 16.3. The highest BCUT2D eigenvalue weighted by Crippen LogP contribution is 2.17. The van der Waals surface area contributed by atoms with E-state index < -0.39 is 0 Å². The van der Waals surface area contributed by atoms with Crippen LogP contribution in [-0.4, -0.2) is 14.1 Å². The Hall–Kier alpha value is -2.47. The van der Waals surface area contributed by atoms with Crippen LogP contribution in [0.3, 0.4) is 0 Å². The fourth-order valence-corrected chi connectivity index (χ4v) is 2.04. The van der Waals surface area contributed by atoms with E-state index >= 15 is 0 Å². The number of aryl methyl sites for hydroxylation is 1. The number of hydrogen-bond acceptors (Lipinski definition) is 3. The SMILES string of the molecule is Cc1cc(C#N)ccc1CNc1ccc(N(C)C)cc1. The van der Waals surface area contributed by atoms with Crippen LogP contribution in [0.4, 0.5) is 11.4 Å². The Bertz CT molecular complexity index is 622. The van der Waals surface area contributed by atoms with E-state index in [-0.39, 0.29) is 0 Å². The molecule has 20 heavy (non-hydrogen) atoms. The van der Waals surface area contributed by atoms with Crippen molar-refractivity contribution in [3.05, 3.63) is 59.2 Å². The fourth-order valence-electron chi connectivity index (χ4n) is 2.04. The number of nitriles is 1. The zero-order valence-electron chi connectivity index (χ0n) is 12.1. The van der Waals surface area contributed by atoms with Gasteiger partial charge in [0.2, 0.25) is 0 Å². The molecule has 0 bridgehead atoms. The number of rotatable bonds is 4. The Labute approximate surface area is 120 Å². The fraction of sp³-hybridized carbons (Fsp3) is 0.235. The summed E-state index contributed by atoms with van der Waals surface area (Å²) in [5.41, 5.74) is 5.34. The Morgan fingerprint density at radius 1 is 1.10 bits per heavy atom. The Morgan fingerprint density at radius 2 is 1.80 bits per heavy atom. The first kappa shape index (κ1) is 14.0. The molecule has 3 nitrogen and oxygen atoms in total. The summed E-state index contributed by atoms with van der Waals surface area (Å²) in [7, 11) is 4.06. The summed E-state index contributed by atoms with van der Waals surface area (Å²) >= 11 is 0. The summed E-state index contributed by atoms with van der Waals surface area (Å²) in [6.07, 6.45) is 0. The number of anilines is 2. The molecule has 2 rings (SSSR count). The molecule has 1 N–H and O–H groups in total. The van der Waals surface area contributed by atoms with Gasteiger partial charge in [0.05, 0.1) is 11.6 Å². The molecule has 0 unspecified atom stereocenters. The molecule has 0 saturated heterocycles. The number of benzene rings is 2. The first-order valence-electron chi connectivity index (χ1n) is 6.61. The lowest BCUT2D eigenvalue weighted by Crippen LogP contribution is -2.08. The van der Waals surface area contributed by atoms with Gasteiger partial charge in [-0.15, -0.1) is 0 Å². The smallest absolute Gasteiger partial charge is 0.0991 e. The first-order valence-corrected chi connectivity index (χ1v) is 6.61. The minimum atomic E-state index is 0.710. The highest BCUT2D eigenvalue weighted by molar-refractivity contribution is 5.54. The molecule has 0 aliphatic rings. The van der Waals surface area contributed by atoms with Gasteiger partial charge in [-0.05, 0) is 54.4 Å². The third-order valence-corrected chi connectivity index (χ3v) is 3.34. The normalized spacial score (nSPS) is 9.90. The van der Waals surface area contributed by atoms with Crippen LogP contribution in [0.1, 0.15) is 16.7 Å². The lowest BCUT2D eigenvalue weighted by molar-refractivity contribution is 1.11. The van der Waals surface area contributed by atoms with Crippen molar-refractivity contribution >= 4 is 11.4 Å². The van der Waals surface area contributed by atoms with Gasteiger partial charge in [-0.25, -0.2) is 0 Å². The topological polar surface area (TPSA) is 39.1 Å². The minimum Gasteiger partial charge on any atom is -0.381 e. The predicted molar refractivity (Wildman–Crippen MR) is 84.0 cm³/mol. The minimum absolute atomic E-state index is 0.710. The van der Waals surface area contributed by atoms with Crippen LogP contribution in [0.25, 0.3) is 0 Å². The molecule has 0 spiro atoms. The summed E-state index contributed by atoms with van der Waals surface area (Å²) in [4.78, 5) is 2.08. The van der Waals surface area contributed by atoms with Gasteiger partial charge in [0.25, 0.3) is 0 Å². The summed E-state index contributed by atoms with van der Waals surface area (Å²) in [5.74, 6) is 0. The predicted octanol–water partition coefficient (Wildman–Crippen LogP) is 3.54. The number of hydrogen-bond donors (Lipinski definition) is 1. The molecular formula is C17H19N3. The maximum atomic E-state index is 8.86. The standard InChI is InChI=1S/C17H19N3/c1-13-10-14(11-18)4-5-15(13)12-19-16-6-8-17(9-7-16)20(2)3/h4-10,19H,12H2,1-3H3. The van der Waals surface area contributed by atoms with Gasteiger partial charge >= 0.3 is 0 Å². The molecule has 2 aromatic rings. The van der Waals surface area contributed by atoms with E-state index in [0.29, 0.717) is 5.56 Å². The molecule has 0 fully saturated rings. The van der Waals surface area contributed by atoms with Crippen molar-refractivity contribution in [2.45, 2.75) is 13.5 Å². The summed E-state index contributed by atoms with van der Waals surface area (Å²) in [5, 5.41) is 12.3. The second-order valence-electron chi connectivity index (χ2n) is 5.05. The Morgan fingerprint density at radius 3 is 2.35 bits per heavy atom. The molecule has 0 saturated carbocycles. The van der Waals surface area contributed by atoms with E-state index in [0.717, 1.165) is 17.8 Å². The molecule has 102 valence electrons. The Balaban J connectivity index is 2.03.